The molecular formula is C17H19NO3S. The molecule has 0 saturated carbocycles. The van der Waals surface area contributed by atoms with Crippen molar-refractivity contribution < 1.29 is 13.0 Å². The summed E-state index contributed by atoms with van der Waals surface area (Å²) < 4.78 is 32.9. The van der Waals surface area contributed by atoms with Gasteiger partial charge in [-0.3, -0.25) is 4.55 Å². The van der Waals surface area contributed by atoms with Crippen molar-refractivity contribution in [1.29, 1.82) is 0 Å². The van der Waals surface area contributed by atoms with Gasteiger partial charge in [0.05, 0.1) is 5.75 Å². The predicted octanol–water partition coefficient (Wildman–Crippen LogP) is 3.69. The van der Waals surface area contributed by atoms with E-state index < -0.39 is 10.1 Å². The van der Waals surface area contributed by atoms with E-state index in [1.54, 1.807) is 0 Å². The second-order valence-corrected chi connectivity index (χ2v) is 7.40. The molecule has 1 heterocycles. The van der Waals surface area contributed by atoms with Gasteiger partial charge in [-0.15, -0.1) is 0 Å². The molecule has 2 aromatic carbocycles. The highest BCUT2D eigenvalue weighted by atomic mass is 32.2. The number of hydrogen-bond acceptors (Lipinski definition) is 2. The van der Waals surface area contributed by atoms with Crippen LogP contribution in [0.15, 0.2) is 36.4 Å². The fraction of sp³-hybridized carbons (Fsp3) is 0.294. The molecular weight excluding hydrogens is 298 g/mol. The quantitative estimate of drug-likeness (QED) is 0.747. The minimum absolute atomic E-state index is 0.216. The van der Waals surface area contributed by atoms with Gasteiger partial charge in [-0.2, -0.15) is 8.42 Å². The molecule has 3 aromatic rings. The number of fused-ring (bicyclic) bond motifs is 3. The summed E-state index contributed by atoms with van der Waals surface area (Å²) in [6.07, 6.45) is 0.388. The molecule has 0 bridgehead atoms. The molecule has 3 rings (SSSR count). The first-order chi connectivity index (χ1) is 10.3. The van der Waals surface area contributed by atoms with Gasteiger partial charge in [0.15, 0.2) is 0 Å². The number of aromatic nitrogens is 1. The number of nitrogens with zero attached hydrogens (tertiary/aromatic N) is 1. The monoisotopic (exact) mass is 317 g/mol. The lowest BCUT2D eigenvalue weighted by Gasteiger charge is -2.07. The number of aryl methyl sites for hydroxylation is 3. The van der Waals surface area contributed by atoms with Crippen molar-refractivity contribution >= 4 is 31.9 Å². The Labute approximate surface area is 130 Å². The van der Waals surface area contributed by atoms with E-state index in [-0.39, 0.29) is 5.75 Å². The first-order valence-corrected chi connectivity index (χ1v) is 8.90. The van der Waals surface area contributed by atoms with Crippen LogP contribution >= 0.6 is 0 Å². The highest BCUT2D eigenvalue weighted by molar-refractivity contribution is 7.85. The zero-order valence-corrected chi connectivity index (χ0v) is 13.5. The molecule has 0 aliphatic heterocycles. The van der Waals surface area contributed by atoms with Crippen LogP contribution in [0, 0.1) is 13.8 Å². The number of benzene rings is 2. The van der Waals surface area contributed by atoms with Crippen LogP contribution in [-0.2, 0) is 16.7 Å². The molecule has 116 valence electrons. The molecule has 0 aliphatic rings. The molecule has 0 spiro atoms. The van der Waals surface area contributed by atoms with Gasteiger partial charge in [0.1, 0.15) is 0 Å². The van der Waals surface area contributed by atoms with Crippen molar-refractivity contribution in [2.75, 3.05) is 5.75 Å². The average Bonchev–Trinajstić information content (AvgIpc) is 2.71. The van der Waals surface area contributed by atoms with E-state index in [0.717, 1.165) is 11.0 Å². The highest BCUT2D eigenvalue weighted by Crippen LogP contribution is 2.30. The van der Waals surface area contributed by atoms with Crippen molar-refractivity contribution in [2.45, 2.75) is 26.8 Å². The van der Waals surface area contributed by atoms with Crippen LogP contribution in [0.25, 0.3) is 21.8 Å². The summed E-state index contributed by atoms with van der Waals surface area (Å²) in [7, 11) is -3.91. The Morgan fingerprint density at radius 1 is 0.955 bits per heavy atom. The SMILES string of the molecule is Cc1ccc2c(c1)c1cc(C)ccc1n2CCCS(=O)(=O)O. The highest BCUT2D eigenvalue weighted by Gasteiger charge is 2.12. The maximum atomic E-state index is 10.9. The Hall–Kier alpha value is -1.85. The summed E-state index contributed by atoms with van der Waals surface area (Å²) in [6.45, 7) is 4.69. The standard InChI is InChI=1S/C17H19NO3S/c1-12-4-6-16-14(10-12)15-11-13(2)5-7-17(15)18(16)8-3-9-22(19,20)21/h4-7,10-11H,3,8-9H2,1-2H3,(H,19,20,21). The first-order valence-electron chi connectivity index (χ1n) is 7.29. The van der Waals surface area contributed by atoms with Gasteiger partial charge < -0.3 is 4.57 Å². The Morgan fingerprint density at radius 3 is 1.91 bits per heavy atom. The minimum atomic E-state index is -3.91. The smallest absolute Gasteiger partial charge is 0.264 e. The summed E-state index contributed by atoms with van der Waals surface area (Å²) >= 11 is 0. The topological polar surface area (TPSA) is 59.3 Å². The fourth-order valence-electron chi connectivity index (χ4n) is 2.98. The second-order valence-electron chi connectivity index (χ2n) is 5.83. The van der Waals surface area contributed by atoms with E-state index in [1.807, 2.05) is 0 Å². The Morgan fingerprint density at radius 2 is 1.45 bits per heavy atom. The van der Waals surface area contributed by atoms with Gasteiger partial charge in [0, 0.05) is 28.4 Å². The Bertz CT molecular complexity index is 896. The average molecular weight is 317 g/mol. The van der Waals surface area contributed by atoms with E-state index in [9.17, 15) is 8.42 Å². The van der Waals surface area contributed by atoms with Crippen LogP contribution in [0.3, 0.4) is 0 Å². The Balaban J connectivity index is 2.14. The van der Waals surface area contributed by atoms with Gasteiger partial charge in [-0.1, -0.05) is 23.3 Å². The van der Waals surface area contributed by atoms with E-state index in [2.05, 4.69) is 54.8 Å². The fourth-order valence-corrected chi connectivity index (χ4v) is 3.47. The maximum Gasteiger partial charge on any atom is 0.264 e. The van der Waals surface area contributed by atoms with Crippen molar-refractivity contribution in [1.82, 2.24) is 4.57 Å². The van der Waals surface area contributed by atoms with Crippen molar-refractivity contribution in [3.05, 3.63) is 47.5 Å². The van der Waals surface area contributed by atoms with Gasteiger partial charge in [-0.25, -0.2) is 0 Å². The van der Waals surface area contributed by atoms with Crippen molar-refractivity contribution in [2.24, 2.45) is 0 Å². The molecule has 4 nitrogen and oxygen atoms in total. The van der Waals surface area contributed by atoms with E-state index in [0.29, 0.717) is 13.0 Å². The molecule has 0 amide bonds. The first kappa shape index (κ1) is 15.1. The van der Waals surface area contributed by atoms with Gasteiger partial charge in [0.2, 0.25) is 0 Å². The van der Waals surface area contributed by atoms with Gasteiger partial charge in [-0.05, 0) is 44.5 Å². The normalized spacial score (nSPS) is 12.3. The van der Waals surface area contributed by atoms with Crippen LogP contribution in [-0.4, -0.2) is 23.3 Å². The van der Waals surface area contributed by atoms with E-state index >= 15 is 0 Å². The zero-order chi connectivity index (χ0) is 15.9. The van der Waals surface area contributed by atoms with Crippen molar-refractivity contribution in [3.63, 3.8) is 0 Å². The summed E-state index contributed by atoms with van der Waals surface area (Å²) in [4.78, 5) is 0. The van der Waals surface area contributed by atoms with Gasteiger partial charge in [0.25, 0.3) is 10.1 Å². The third-order valence-electron chi connectivity index (χ3n) is 3.96. The maximum absolute atomic E-state index is 10.9. The van der Waals surface area contributed by atoms with E-state index in [1.165, 1.54) is 21.9 Å². The van der Waals surface area contributed by atoms with Gasteiger partial charge >= 0.3 is 0 Å². The molecule has 22 heavy (non-hydrogen) atoms. The molecule has 0 fully saturated rings. The van der Waals surface area contributed by atoms with E-state index in [4.69, 9.17) is 4.55 Å². The lowest BCUT2D eigenvalue weighted by atomic mass is 10.1. The third-order valence-corrected chi connectivity index (χ3v) is 4.76. The lowest BCUT2D eigenvalue weighted by Crippen LogP contribution is -2.07. The molecule has 0 atom stereocenters. The van der Waals surface area contributed by atoms with Crippen LogP contribution in [0.1, 0.15) is 17.5 Å². The molecule has 0 radical (unpaired) electrons. The molecule has 1 N–H and O–H groups in total. The minimum Gasteiger partial charge on any atom is -0.340 e. The summed E-state index contributed by atoms with van der Waals surface area (Å²) in [5, 5.41) is 2.37. The molecule has 0 unspecified atom stereocenters. The lowest BCUT2D eigenvalue weighted by molar-refractivity contribution is 0.479. The predicted molar refractivity (Wildman–Crippen MR) is 90.0 cm³/mol. The van der Waals surface area contributed by atoms with Crippen LogP contribution in [0.4, 0.5) is 0 Å². The summed E-state index contributed by atoms with van der Waals surface area (Å²) in [6, 6.07) is 12.6. The summed E-state index contributed by atoms with van der Waals surface area (Å²) in [5.74, 6) is -0.216. The molecule has 1 aromatic heterocycles. The Kier molecular flexibility index (Phi) is 3.70. The third kappa shape index (κ3) is 2.87. The molecule has 0 aliphatic carbocycles. The van der Waals surface area contributed by atoms with Crippen LogP contribution < -0.4 is 0 Å². The molecule has 0 saturated heterocycles. The number of rotatable bonds is 4. The van der Waals surface area contributed by atoms with Crippen LogP contribution in [0.5, 0.6) is 0 Å². The van der Waals surface area contributed by atoms with Crippen LogP contribution in [0.2, 0.25) is 0 Å². The van der Waals surface area contributed by atoms with Crippen molar-refractivity contribution in [3.8, 4) is 0 Å². The summed E-state index contributed by atoms with van der Waals surface area (Å²) in [5.41, 5.74) is 4.60. The largest absolute Gasteiger partial charge is 0.340 e. The number of hydrogen-bond donors (Lipinski definition) is 1. The molecule has 5 heteroatoms. The second kappa shape index (κ2) is 5.41. The zero-order valence-electron chi connectivity index (χ0n) is 12.7.